The fourth-order valence-electron chi connectivity index (χ4n) is 2.07. The molecule has 7 heteroatoms. The Labute approximate surface area is 128 Å². The summed E-state index contributed by atoms with van der Waals surface area (Å²) in [5, 5.41) is 11.5. The van der Waals surface area contributed by atoms with Crippen molar-refractivity contribution in [2.24, 2.45) is 0 Å². The van der Waals surface area contributed by atoms with E-state index in [9.17, 15) is 0 Å². The maximum absolute atomic E-state index is 6.33. The summed E-state index contributed by atoms with van der Waals surface area (Å²) < 4.78 is 1.96. The van der Waals surface area contributed by atoms with Gasteiger partial charge in [0, 0.05) is 11.9 Å². The van der Waals surface area contributed by atoms with E-state index in [4.69, 9.17) is 11.6 Å². The summed E-state index contributed by atoms with van der Waals surface area (Å²) in [5.41, 5.74) is 1.96. The lowest BCUT2D eigenvalue weighted by Crippen LogP contribution is -2.25. The molecular formula is C13H20ClN5S. The maximum atomic E-state index is 6.33. The van der Waals surface area contributed by atoms with Gasteiger partial charge in [-0.25, -0.2) is 4.98 Å². The minimum atomic E-state index is -0.0305. The number of hydrogen-bond donors (Lipinski definition) is 1. The monoisotopic (exact) mass is 313 g/mol. The summed E-state index contributed by atoms with van der Waals surface area (Å²) in [4.78, 5) is 6.69. The van der Waals surface area contributed by atoms with Crippen molar-refractivity contribution in [3.63, 3.8) is 0 Å². The second-order valence-corrected chi connectivity index (χ2v) is 6.39. The van der Waals surface area contributed by atoms with Gasteiger partial charge in [0.15, 0.2) is 0 Å². The van der Waals surface area contributed by atoms with E-state index in [1.54, 1.807) is 17.5 Å². The van der Waals surface area contributed by atoms with Crippen LogP contribution < -0.4 is 5.32 Å². The number of aryl methyl sites for hydroxylation is 1. The van der Waals surface area contributed by atoms with Gasteiger partial charge in [-0.15, -0.1) is 11.3 Å². The third kappa shape index (κ3) is 3.38. The number of hydrogen-bond acceptors (Lipinski definition) is 5. The van der Waals surface area contributed by atoms with E-state index in [2.05, 4.69) is 25.7 Å². The zero-order valence-electron chi connectivity index (χ0n) is 12.2. The Balaban J connectivity index is 2.31. The van der Waals surface area contributed by atoms with Crippen molar-refractivity contribution in [1.29, 1.82) is 0 Å². The number of nitrogens with zero attached hydrogens (tertiary/aromatic N) is 4. The molecule has 2 aromatic rings. The van der Waals surface area contributed by atoms with Crippen molar-refractivity contribution in [3.8, 4) is 0 Å². The van der Waals surface area contributed by atoms with E-state index in [-0.39, 0.29) is 6.04 Å². The first kappa shape index (κ1) is 15.4. The first-order chi connectivity index (χ1) is 9.52. The number of aromatic nitrogens is 3. The fourth-order valence-corrected chi connectivity index (χ4v) is 2.96. The second kappa shape index (κ2) is 6.67. The summed E-state index contributed by atoms with van der Waals surface area (Å²) in [7, 11) is 6.01. The lowest BCUT2D eigenvalue weighted by Gasteiger charge is -2.18. The Bertz CT molecular complexity index is 563. The zero-order chi connectivity index (χ0) is 14.7. The van der Waals surface area contributed by atoms with Crippen LogP contribution in [0.3, 0.4) is 0 Å². The van der Waals surface area contributed by atoms with Gasteiger partial charge >= 0.3 is 0 Å². The molecule has 2 aromatic heterocycles. The quantitative estimate of drug-likeness (QED) is 0.888. The van der Waals surface area contributed by atoms with Gasteiger partial charge in [0.05, 0.1) is 40.2 Å². The van der Waals surface area contributed by atoms with Gasteiger partial charge < -0.3 is 10.2 Å². The van der Waals surface area contributed by atoms with Crippen molar-refractivity contribution < 1.29 is 0 Å². The molecule has 0 aliphatic heterocycles. The minimum Gasteiger partial charge on any atom is -0.308 e. The summed E-state index contributed by atoms with van der Waals surface area (Å²) in [6.45, 7) is 3.72. The Hall–Kier alpha value is -0.950. The highest BCUT2D eigenvalue weighted by molar-refractivity contribution is 7.09. The molecule has 110 valence electrons. The molecule has 0 amide bonds. The van der Waals surface area contributed by atoms with Crippen LogP contribution in [0, 0.1) is 6.92 Å². The summed E-state index contributed by atoms with van der Waals surface area (Å²) >= 11 is 7.97. The number of rotatable bonds is 6. The SMILES string of the molecule is CNC(c1csc(C)n1)c1c(Cl)cnn1CCN(C)C. The predicted molar refractivity (Wildman–Crippen MR) is 83.5 cm³/mol. The van der Waals surface area contributed by atoms with Crippen LogP contribution in [0.15, 0.2) is 11.6 Å². The van der Waals surface area contributed by atoms with Crippen molar-refractivity contribution in [2.45, 2.75) is 19.5 Å². The molecule has 1 unspecified atom stereocenters. The lowest BCUT2D eigenvalue weighted by atomic mass is 10.1. The minimum absolute atomic E-state index is 0.0305. The highest BCUT2D eigenvalue weighted by atomic mass is 35.5. The Morgan fingerprint density at radius 3 is 2.80 bits per heavy atom. The first-order valence-electron chi connectivity index (χ1n) is 6.48. The maximum Gasteiger partial charge on any atom is 0.0943 e. The summed E-state index contributed by atoms with van der Waals surface area (Å²) in [6, 6.07) is -0.0305. The molecule has 0 saturated heterocycles. The van der Waals surface area contributed by atoms with Crippen LogP contribution in [0.25, 0.3) is 0 Å². The van der Waals surface area contributed by atoms with E-state index in [1.807, 2.05) is 32.7 Å². The predicted octanol–water partition coefficient (Wildman–Crippen LogP) is 2.17. The van der Waals surface area contributed by atoms with Gasteiger partial charge in [-0.2, -0.15) is 5.10 Å². The van der Waals surface area contributed by atoms with Crippen LogP contribution in [-0.2, 0) is 6.54 Å². The smallest absolute Gasteiger partial charge is 0.0943 e. The van der Waals surface area contributed by atoms with E-state index >= 15 is 0 Å². The Kier molecular flexibility index (Phi) is 5.15. The van der Waals surface area contributed by atoms with Gasteiger partial charge in [0.2, 0.25) is 0 Å². The van der Waals surface area contributed by atoms with Crippen LogP contribution >= 0.6 is 22.9 Å². The second-order valence-electron chi connectivity index (χ2n) is 4.92. The van der Waals surface area contributed by atoms with Crippen LogP contribution in [-0.4, -0.2) is 47.4 Å². The molecule has 0 saturated carbocycles. The van der Waals surface area contributed by atoms with E-state index in [0.29, 0.717) is 5.02 Å². The molecule has 2 heterocycles. The topological polar surface area (TPSA) is 46.0 Å². The molecular weight excluding hydrogens is 294 g/mol. The average molecular weight is 314 g/mol. The van der Waals surface area contributed by atoms with Crippen LogP contribution in [0.2, 0.25) is 5.02 Å². The van der Waals surface area contributed by atoms with Crippen molar-refractivity contribution in [2.75, 3.05) is 27.7 Å². The fraction of sp³-hybridized carbons (Fsp3) is 0.538. The van der Waals surface area contributed by atoms with Crippen molar-refractivity contribution >= 4 is 22.9 Å². The highest BCUT2D eigenvalue weighted by Gasteiger charge is 2.22. The van der Waals surface area contributed by atoms with Gasteiger partial charge in [-0.05, 0) is 28.1 Å². The molecule has 0 aliphatic rings. The molecule has 0 bridgehead atoms. The van der Waals surface area contributed by atoms with Crippen LogP contribution in [0.1, 0.15) is 22.4 Å². The molecule has 0 aliphatic carbocycles. The number of likely N-dealkylation sites (N-methyl/N-ethyl adjacent to an activating group) is 1. The lowest BCUT2D eigenvalue weighted by molar-refractivity contribution is 0.366. The Morgan fingerprint density at radius 2 is 2.25 bits per heavy atom. The molecule has 20 heavy (non-hydrogen) atoms. The molecule has 1 N–H and O–H groups in total. The van der Waals surface area contributed by atoms with Crippen molar-refractivity contribution in [3.05, 3.63) is 33.0 Å². The van der Waals surface area contributed by atoms with E-state index in [1.165, 1.54) is 0 Å². The van der Waals surface area contributed by atoms with Gasteiger partial charge in [0.25, 0.3) is 0 Å². The Morgan fingerprint density at radius 1 is 1.50 bits per heavy atom. The van der Waals surface area contributed by atoms with Gasteiger partial charge in [0.1, 0.15) is 0 Å². The number of halogens is 1. The average Bonchev–Trinajstić information content (AvgIpc) is 2.97. The number of nitrogens with one attached hydrogen (secondary N) is 1. The number of thiazole rings is 1. The molecule has 0 spiro atoms. The first-order valence-corrected chi connectivity index (χ1v) is 7.74. The molecule has 2 rings (SSSR count). The highest BCUT2D eigenvalue weighted by Crippen LogP contribution is 2.28. The van der Waals surface area contributed by atoms with Gasteiger partial charge in [-0.1, -0.05) is 11.6 Å². The normalized spacial score (nSPS) is 13.1. The van der Waals surface area contributed by atoms with Gasteiger partial charge in [-0.3, -0.25) is 4.68 Å². The molecule has 5 nitrogen and oxygen atoms in total. The van der Waals surface area contributed by atoms with E-state index in [0.717, 1.165) is 29.5 Å². The molecule has 0 fully saturated rings. The third-order valence-electron chi connectivity index (χ3n) is 3.09. The van der Waals surface area contributed by atoms with Crippen molar-refractivity contribution in [1.82, 2.24) is 25.0 Å². The largest absolute Gasteiger partial charge is 0.308 e. The van der Waals surface area contributed by atoms with Crippen LogP contribution in [0.5, 0.6) is 0 Å². The molecule has 1 atom stereocenters. The summed E-state index contributed by atoms with van der Waals surface area (Å²) in [6.07, 6.45) is 1.70. The zero-order valence-corrected chi connectivity index (χ0v) is 13.8. The van der Waals surface area contributed by atoms with Crippen LogP contribution in [0.4, 0.5) is 0 Å². The van der Waals surface area contributed by atoms with E-state index < -0.39 is 0 Å². The third-order valence-corrected chi connectivity index (χ3v) is 4.17. The standard InChI is InChI=1S/C13H20ClN5S/c1-9-17-11(8-20-9)12(15-2)13-10(14)7-16-19(13)6-5-18(3)4/h7-8,12,15H,5-6H2,1-4H3. The summed E-state index contributed by atoms with van der Waals surface area (Å²) in [5.74, 6) is 0. The molecule has 0 radical (unpaired) electrons. The molecule has 0 aromatic carbocycles.